The van der Waals surface area contributed by atoms with Crippen molar-refractivity contribution in [3.8, 4) is 5.88 Å². The van der Waals surface area contributed by atoms with Crippen molar-refractivity contribution in [1.82, 2.24) is 24.9 Å². The van der Waals surface area contributed by atoms with Crippen molar-refractivity contribution in [2.75, 3.05) is 31.7 Å². The topological polar surface area (TPSA) is 105 Å². The third kappa shape index (κ3) is 4.29. The highest BCUT2D eigenvalue weighted by Crippen LogP contribution is 2.38. The van der Waals surface area contributed by atoms with Crippen molar-refractivity contribution in [2.24, 2.45) is 0 Å². The number of unbranched alkanes of at least 4 members (excludes halogenated alkanes) is 1. The summed E-state index contributed by atoms with van der Waals surface area (Å²) < 4.78 is 20.8. The van der Waals surface area contributed by atoms with Crippen LogP contribution in [-0.2, 0) is 0 Å². The van der Waals surface area contributed by atoms with Gasteiger partial charge in [0.25, 0.3) is 5.91 Å². The predicted molar refractivity (Wildman–Crippen MR) is 112 cm³/mol. The van der Waals surface area contributed by atoms with Crippen molar-refractivity contribution in [3.63, 3.8) is 0 Å². The van der Waals surface area contributed by atoms with E-state index in [1.54, 1.807) is 10.7 Å². The van der Waals surface area contributed by atoms with E-state index in [2.05, 4.69) is 20.3 Å². The molecule has 0 saturated carbocycles. The molecule has 1 aliphatic rings. The maximum absolute atomic E-state index is 13.9. The first-order valence-electron chi connectivity index (χ1n) is 10.3. The van der Waals surface area contributed by atoms with Crippen LogP contribution in [-0.4, -0.2) is 57.4 Å². The highest BCUT2D eigenvalue weighted by atomic mass is 19.1. The maximum atomic E-state index is 13.9. The number of nitrogens with zero attached hydrogens (tertiary/aromatic N) is 5. The van der Waals surface area contributed by atoms with Gasteiger partial charge in [0.2, 0.25) is 5.88 Å². The van der Waals surface area contributed by atoms with Gasteiger partial charge in [0.05, 0.1) is 25.5 Å². The van der Waals surface area contributed by atoms with Gasteiger partial charge in [0, 0.05) is 31.5 Å². The molecule has 1 fully saturated rings. The Morgan fingerprint density at radius 1 is 1.39 bits per heavy atom. The molecule has 1 atom stereocenters. The van der Waals surface area contributed by atoms with E-state index in [-0.39, 0.29) is 18.6 Å². The second kappa shape index (κ2) is 9.25. The van der Waals surface area contributed by atoms with Crippen molar-refractivity contribution in [2.45, 2.75) is 31.7 Å². The number of fused-ring (bicyclic) bond motifs is 1. The first-order valence-corrected chi connectivity index (χ1v) is 10.3. The zero-order valence-corrected chi connectivity index (χ0v) is 17.3. The lowest BCUT2D eigenvalue weighted by Gasteiger charge is -2.26. The molecule has 1 amide bonds. The Labute approximate surface area is 178 Å². The van der Waals surface area contributed by atoms with Crippen LogP contribution in [0.15, 0.2) is 30.7 Å². The van der Waals surface area contributed by atoms with Crippen LogP contribution in [0.3, 0.4) is 0 Å². The molecule has 1 saturated heterocycles. The number of anilines is 1. The number of halogens is 1. The van der Waals surface area contributed by atoms with Crippen molar-refractivity contribution < 1.29 is 19.0 Å². The molecule has 9 nitrogen and oxygen atoms in total. The fraction of sp³-hybridized carbons (Fsp3) is 0.429. The number of carbonyl (C=O) groups excluding carboxylic acids is 1. The van der Waals surface area contributed by atoms with E-state index < -0.39 is 5.82 Å². The van der Waals surface area contributed by atoms with E-state index in [0.29, 0.717) is 47.9 Å². The SMILES string of the molecule is COc1ncc(F)cc1[C@H]1CCCN1c1ccn2ncc(C(=O)NCCCCO)c2n1. The van der Waals surface area contributed by atoms with E-state index in [1.807, 2.05) is 6.07 Å². The molecule has 0 aromatic carbocycles. The summed E-state index contributed by atoms with van der Waals surface area (Å²) in [6.45, 7) is 1.31. The molecular formula is C21H25FN6O3. The third-order valence-corrected chi connectivity index (χ3v) is 5.41. The smallest absolute Gasteiger partial charge is 0.256 e. The van der Waals surface area contributed by atoms with Gasteiger partial charge >= 0.3 is 0 Å². The minimum Gasteiger partial charge on any atom is -0.481 e. The summed E-state index contributed by atoms with van der Waals surface area (Å²) in [4.78, 5) is 23.4. The van der Waals surface area contributed by atoms with E-state index >= 15 is 0 Å². The lowest BCUT2D eigenvalue weighted by atomic mass is 10.1. The number of rotatable bonds is 8. The zero-order chi connectivity index (χ0) is 21.8. The second-order valence-electron chi connectivity index (χ2n) is 7.40. The predicted octanol–water partition coefficient (Wildman–Crippen LogP) is 2.12. The minimum absolute atomic E-state index is 0.0973. The quantitative estimate of drug-likeness (QED) is 0.530. The molecule has 31 heavy (non-hydrogen) atoms. The van der Waals surface area contributed by atoms with Gasteiger partial charge in [-0.05, 0) is 37.8 Å². The average molecular weight is 428 g/mol. The summed E-state index contributed by atoms with van der Waals surface area (Å²) in [6, 6.07) is 3.16. The van der Waals surface area contributed by atoms with Crippen LogP contribution in [0, 0.1) is 5.82 Å². The number of aliphatic hydroxyl groups excluding tert-OH is 1. The molecule has 10 heteroatoms. The Kier molecular flexibility index (Phi) is 6.26. The highest BCUT2D eigenvalue weighted by Gasteiger charge is 2.31. The van der Waals surface area contributed by atoms with Gasteiger partial charge < -0.3 is 20.1 Å². The Morgan fingerprint density at radius 2 is 2.26 bits per heavy atom. The Morgan fingerprint density at radius 3 is 3.06 bits per heavy atom. The molecule has 0 unspecified atom stereocenters. The van der Waals surface area contributed by atoms with Gasteiger partial charge in [0.1, 0.15) is 17.2 Å². The number of aromatic nitrogens is 4. The third-order valence-electron chi connectivity index (χ3n) is 5.41. The lowest BCUT2D eigenvalue weighted by Crippen LogP contribution is -2.26. The number of hydrogen-bond acceptors (Lipinski definition) is 7. The van der Waals surface area contributed by atoms with Crippen LogP contribution in [0.2, 0.25) is 0 Å². The van der Waals surface area contributed by atoms with Gasteiger partial charge in [-0.2, -0.15) is 5.10 Å². The second-order valence-corrected chi connectivity index (χ2v) is 7.40. The number of nitrogens with one attached hydrogen (secondary N) is 1. The van der Waals surface area contributed by atoms with Crippen LogP contribution < -0.4 is 15.0 Å². The lowest BCUT2D eigenvalue weighted by molar-refractivity contribution is 0.0953. The van der Waals surface area contributed by atoms with Crippen molar-refractivity contribution in [3.05, 3.63) is 47.7 Å². The fourth-order valence-corrected chi connectivity index (χ4v) is 3.93. The van der Waals surface area contributed by atoms with Gasteiger partial charge in [-0.3, -0.25) is 4.79 Å². The van der Waals surface area contributed by atoms with Crippen LogP contribution >= 0.6 is 0 Å². The normalized spacial score (nSPS) is 16.1. The number of aliphatic hydroxyl groups is 1. The van der Waals surface area contributed by atoms with Gasteiger partial charge in [-0.15, -0.1) is 0 Å². The Hall–Kier alpha value is -3.27. The van der Waals surface area contributed by atoms with Crippen LogP contribution in [0.1, 0.15) is 47.6 Å². The monoisotopic (exact) mass is 428 g/mol. The molecule has 164 valence electrons. The van der Waals surface area contributed by atoms with E-state index in [1.165, 1.54) is 19.4 Å². The number of methoxy groups -OCH3 is 1. The van der Waals surface area contributed by atoms with Gasteiger partial charge in [-0.25, -0.2) is 18.9 Å². The number of amides is 1. The average Bonchev–Trinajstić information content (AvgIpc) is 3.43. The minimum atomic E-state index is -0.415. The summed E-state index contributed by atoms with van der Waals surface area (Å²) in [7, 11) is 1.52. The van der Waals surface area contributed by atoms with E-state index in [9.17, 15) is 9.18 Å². The molecule has 3 aromatic heterocycles. The Bertz CT molecular complexity index is 1070. The first kappa shape index (κ1) is 21.0. The number of carbonyl (C=O) groups is 1. The van der Waals surface area contributed by atoms with Crippen molar-refractivity contribution >= 4 is 17.4 Å². The van der Waals surface area contributed by atoms with Gasteiger partial charge in [0.15, 0.2) is 5.65 Å². The van der Waals surface area contributed by atoms with Crippen molar-refractivity contribution in [1.29, 1.82) is 0 Å². The van der Waals surface area contributed by atoms with E-state index in [4.69, 9.17) is 14.8 Å². The fourth-order valence-electron chi connectivity index (χ4n) is 3.93. The number of ether oxygens (including phenoxy) is 1. The first-order chi connectivity index (χ1) is 15.1. The summed E-state index contributed by atoms with van der Waals surface area (Å²) >= 11 is 0. The van der Waals surface area contributed by atoms with Crippen LogP contribution in [0.4, 0.5) is 10.2 Å². The summed E-state index contributed by atoms with van der Waals surface area (Å²) in [5, 5.41) is 15.9. The molecule has 2 N–H and O–H groups in total. The standard InChI is InChI=1S/C21H25FN6O3/c1-31-21-15(11-14(22)12-24-21)17-5-4-8-27(17)18-6-9-28-19(26-18)16(13-25-28)20(30)23-7-2-3-10-29/h6,9,11-13,17,29H,2-5,7-8,10H2,1H3,(H,23,30)/t17-/m1/s1. The summed E-state index contributed by atoms with van der Waals surface area (Å²) in [5.74, 6) is 0.399. The molecular weight excluding hydrogens is 403 g/mol. The van der Waals surface area contributed by atoms with Crippen LogP contribution in [0.5, 0.6) is 5.88 Å². The Balaban J connectivity index is 1.62. The molecule has 0 bridgehead atoms. The van der Waals surface area contributed by atoms with E-state index in [0.717, 1.165) is 25.6 Å². The molecule has 1 aliphatic heterocycles. The zero-order valence-electron chi connectivity index (χ0n) is 17.3. The molecule has 0 spiro atoms. The number of hydrogen-bond donors (Lipinski definition) is 2. The number of pyridine rings is 1. The molecule has 4 rings (SSSR count). The summed E-state index contributed by atoms with van der Waals surface area (Å²) in [6.07, 6.45) is 7.44. The highest BCUT2D eigenvalue weighted by molar-refractivity contribution is 5.99. The molecule has 3 aromatic rings. The molecule has 0 radical (unpaired) electrons. The summed E-state index contributed by atoms with van der Waals surface area (Å²) in [5.41, 5.74) is 1.51. The van der Waals surface area contributed by atoms with Crippen LogP contribution in [0.25, 0.3) is 5.65 Å². The molecule has 0 aliphatic carbocycles. The van der Waals surface area contributed by atoms with Gasteiger partial charge in [-0.1, -0.05) is 0 Å². The maximum Gasteiger partial charge on any atom is 0.256 e. The largest absolute Gasteiger partial charge is 0.481 e. The molecule has 4 heterocycles.